The third kappa shape index (κ3) is 5.07. The van der Waals surface area contributed by atoms with Gasteiger partial charge in [0, 0.05) is 5.56 Å². The van der Waals surface area contributed by atoms with Crippen LogP contribution < -0.4 is 0 Å². The molecule has 1 aliphatic heterocycles. The molecular formula is C22H35NO2Si. The summed E-state index contributed by atoms with van der Waals surface area (Å²) in [7, 11) is -1.80. The molecule has 0 unspecified atom stereocenters. The van der Waals surface area contributed by atoms with Crippen molar-refractivity contribution in [1.29, 1.82) is 0 Å². The molecule has 0 saturated heterocycles. The van der Waals surface area contributed by atoms with Crippen molar-refractivity contribution >= 4 is 14.2 Å². The number of allylic oxidation sites excluding steroid dienone is 2. The molecule has 4 heteroatoms. The normalized spacial score (nSPS) is 22.3. The third-order valence-corrected chi connectivity index (χ3v) is 10.2. The minimum absolute atomic E-state index is 0.0552. The molecule has 144 valence electrons. The van der Waals surface area contributed by atoms with Crippen molar-refractivity contribution in [2.75, 3.05) is 6.61 Å². The topological polar surface area (TPSA) is 30.8 Å². The lowest BCUT2D eigenvalue weighted by Crippen LogP contribution is -2.44. The number of nitrogens with zero attached hydrogens (tertiary/aromatic N) is 1. The van der Waals surface area contributed by atoms with Gasteiger partial charge in [-0.3, -0.25) is 0 Å². The predicted octanol–water partition coefficient (Wildman–Crippen LogP) is 5.82. The van der Waals surface area contributed by atoms with Gasteiger partial charge in [0.15, 0.2) is 8.32 Å². The molecule has 0 radical (unpaired) electrons. The molecule has 1 aliphatic rings. The van der Waals surface area contributed by atoms with Crippen LogP contribution in [0.5, 0.6) is 0 Å². The molecule has 0 aromatic heterocycles. The quantitative estimate of drug-likeness (QED) is 0.445. The average Bonchev–Trinajstić information content (AvgIpc) is 3.02. The van der Waals surface area contributed by atoms with E-state index in [-0.39, 0.29) is 17.2 Å². The van der Waals surface area contributed by atoms with Crippen LogP contribution in [-0.4, -0.2) is 33.0 Å². The molecule has 1 heterocycles. The zero-order chi connectivity index (χ0) is 19.4. The molecule has 0 bridgehead atoms. The molecule has 1 aromatic carbocycles. The van der Waals surface area contributed by atoms with E-state index in [4.69, 9.17) is 14.2 Å². The van der Waals surface area contributed by atoms with E-state index in [2.05, 4.69) is 72.0 Å². The fourth-order valence-electron chi connectivity index (χ4n) is 2.81. The molecule has 0 N–H and O–H groups in total. The van der Waals surface area contributed by atoms with Gasteiger partial charge in [-0.15, -0.1) is 0 Å². The van der Waals surface area contributed by atoms with Crippen LogP contribution in [0.2, 0.25) is 18.1 Å². The summed E-state index contributed by atoms with van der Waals surface area (Å²) in [5.41, 5.74) is 1.05. The Kier molecular flexibility index (Phi) is 6.86. The Morgan fingerprint density at radius 3 is 2.46 bits per heavy atom. The second-order valence-electron chi connectivity index (χ2n) is 8.80. The standard InChI is InChI=1S/C22H35NO2Si/c1-8-9-13-17(2)20-19(16-24-26(6,7)22(3,4)5)23-21(25-20)18-14-11-10-12-15-18/h8-12,14-15,17,19-20H,13,16H2,1-7H3/b9-8+/t17-,19-,20-/m1/s1. The fraction of sp³-hybridized carbons (Fsp3) is 0.591. The highest BCUT2D eigenvalue weighted by Crippen LogP contribution is 2.37. The molecule has 0 spiro atoms. The Morgan fingerprint density at radius 2 is 1.88 bits per heavy atom. The van der Waals surface area contributed by atoms with Crippen molar-refractivity contribution in [2.24, 2.45) is 10.9 Å². The molecule has 1 aromatic rings. The van der Waals surface area contributed by atoms with E-state index in [0.717, 1.165) is 17.9 Å². The number of hydrogen-bond acceptors (Lipinski definition) is 3. The second kappa shape index (κ2) is 8.53. The lowest BCUT2D eigenvalue weighted by molar-refractivity contribution is 0.107. The smallest absolute Gasteiger partial charge is 0.216 e. The van der Waals surface area contributed by atoms with Crippen LogP contribution in [0.25, 0.3) is 0 Å². The highest BCUT2D eigenvalue weighted by molar-refractivity contribution is 6.74. The summed E-state index contributed by atoms with van der Waals surface area (Å²) in [5.74, 6) is 1.15. The monoisotopic (exact) mass is 373 g/mol. The molecule has 3 atom stereocenters. The number of ether oxygens (including phenoxy) is 1. The number of benzene rings is 1. The van der Waals surface area contributed by atoms with Gasteiger partial charge in [-0.1, -0.05) is 58.0 Å². The largest absolute Gasteiger partial charge is 0.471 e. The molecule has 3 nitrogen and oxygen atoms in total. The second-order valence-corrected chi connectivity index (χ2v) is 13.6. The Bertz CT molecular complexity index is 631. The number of hydrogen-bond donors (Lipinski definition) is 0. The van der Waals surface area contributed by atoms with Gasteiger partial charge in [0.25, 0.3) is 0 Å². The Hall–Kier alpha value is -1.39. The van der Waals surface area contributed by atoms with Gasteiger partial charge in [0.05, 0.1) is 6.61 Å². The van der Waals surface area contributed by atoms with Gasteiger partial charge in [-0.25, -0.2) is 4.99 Å². The minimum Gasteiger partial charge on any atom is -0.471 e. The maximum atomic E-state index is 6.48. The molecule has 0 fully saturated rings. The van der Waals surface area contributed by atoms with Crippen molar-refractivity contribution in [3.63, 3.8) is 0 Å². The van der Waals surface area contributed by atoms with E-state index in [0.29, 0.717) is 12.5 Å². The minimum atomic E-state index is -1.80. The summed E-state index contributed by atoms with van der Waals surface area (Å²) < 4.78 is 12.8. The lowest BCUT2D eigenvalue weighted by Gasteiger charge is -2.37. The first-order valence-corrected chi connectivity index (χ1v) is 12.6. The van der Waals surface area contributed by atoms with Gasteiger partial charge < -0.3 is 9.16 Å². The van der Waals surface area contributed by atoms with E-state index < -0.39 is 8.32 Å². The van der Waals surface area contributed by atoms with Gasteiger partial charge in [0.1, 0.15) is 12.1 Å². The van der Waals surface area contributed by atoms with Crippen LogP contribution in [-0.2, 0) is 9.16 Å². The van der Waals surface area contributed by atoms with Gasteiger partial charge in [-0.2, -0.15) is 0 Å². The summed E-state index contributed by atoms with van der Waals surface area (Å²) in [5, 5.41) is 0.199. The van der Waals surface area contributed by atoms with Gasteiger partial charge >= 0.3 is 0 Å². The molecule has 0 amide bonds. The maximum absolute atomic E-state index is 6.48. The first kappa shape index (κ1) is 20.9. The maximum Gasteiger partial charge on any atom is 0.216 e. The Labute approximate surface area is 160 Å². The third-order valence-electron chi connectivity index (χ3n) is 5.66. The highest BCUT2D eigenvalue weighted by Gasteiger charge is 2.41. The summed E-state index contributed by atoms with van der Waals surface area (Å²) >= 11 is 0. The summed E-state index contributed by atoms with van der Waals surface area (Å²) in [6.45, 7) is 16.3. The first-order valence-electron chi connectivity index (χ1n) is 9.70. The summed E-state index contributed by atoms with van der Waals surface area (Å²) in [4.78, 5) is 4.92. The van der Waals surface area contributed by atoms with Gasteiger partial charge in [-0.05, 0) is 49.5 Å². The zero-order valence-electron chi connectivity index (χ0n) is 17.5. The zero-order valence-corrected chi connectivity index (χ0v) is 18.5. The number of aliphatic imine (C=N–C) groups is 1. The average molecular weight is 374 g/mol. The van der Waals surface area contributed by atoms with Crippen LogP contribution in [0.15, 0.2) is 47.5 Å². The van der Waals surface area contributed by atoms with Crippen LogP contribution in [0.1, 0.15) is 46.6 Å². The fourth-order valence-corrected chi connectivity index (χ4v) is 3.83. The van der Waals surface area contributed by atoms with Crippen LogP contribution >= 0.6 is 0 Å². The number of rotatable bonds is 7. The lowest BCUT2D eigenvalue weighted by atomic mass is 9.95. The van der Waals surface area contributed by atoms with E-state index in [9.17, 15) is 0 Å². The van der Waals surface area contributed by atoms with E-state index in [1.54, 1.807) is 0 Å². The SMILES string of the molecule is C/C=C/C[C@@H](C)[C@H]1OC(c2ccccc2)=N[C@@H]1CO[Si](C)(C)C(C)(C)C. The van der Waals surface area contributed by atoms with Crippen molar-refractivity contribution in [1.82, 2.24) is 0 Å². The Morgan fingerprint density at radius 1 is 1.23 bits per heavy atom. The molecule has 0 saturated carbocycles. The van der Waals surface area contributed by atoms with E-state index in [1.807, 2.05) is 18.2 Å². The van der Waals surface area contributed by atoms with Crippen molar-refractivity contribution in [2.45, 2.75) is 71.3 Å². The van der Waals surface area contributed by atoms with Crippen LogP contribution in [0.4, 0.5) is 0 Å². The molecular weight excluding hydrogens is 338 g/mol. The summed E-state index contributed by atoms with van der Waals surface area (Å²) in [6.07, 6.45) is 5.37. The predicted molar refractivity (Wildman–Crippen MR) is 113 cm³/mol. The Balaban J connectivity index is 2.17. The highest BCUT2D eigenvalue weighted by atomic mass is 28.4. The molecule has 2 rings (SSSR count). The van der Waals surface area contributed by atoms with E-state index >= 15 is 0 Å². The molecule has 26 heavy (non-hydrogen) atoms. The van der Waals surface area contributed by atoms with E-state index in [1.165, 1.54) is 0 Å². The van der Waals surface area contributed by atoms with Crippen molar-refractivity contribution in [3.8, 4) is 0 Å². The van der Waals surface area contributed by atoms with Crippen LogP contribution in [0.3, 0.4) is 0 Å². The van der Waals surface area contributed by atoms with Crippen molar-refractivity contribution < 1.29 is 9.16 Å². The first-order chi connectivity index (χ1) is 12.2. The van der Waals surface area contributed by atoms with Crippen LogP contribution in [0, 0.1) is 5.92 Å². The van der Waals surface area contributed by atoms with Gasteiger partial charge in [0.2, 0.25) is 5.90 Å². The van der Waals surface area contributed by atoms with Crippen molar-refractivity contribution in [3.05, 3.63) is 48.0 Å². The summed E-state index contributed by atoms with van der Waals surface area (Å²) in [6, 6.07) is 10.2. The molecule has 0 aliphatic carbocycles.